The maximum Gasteiger partial charge on any atom is 0.257 e. The molecule has 1 N–H and O–H groups in total. The number of carbonyl (C=O) groups is 1. The Bertz CT molecular complexity index is 851. The van der Waals surface area contributed by atoms with Crippen LogP contribution < -0.4 is 5.32 Å². The zero-order valence-corrected chi connectivity index (χ0v) is 15.0. The molecule has 0 unspecified atom stereocenters. The normalized spacial score (nSPS) is 10.4. The number of nitrogens with one attached hydrogen (secondary N) is 1. The molecule has 5 heteroatoms. The van der Waals surface area contributed by atoms with Crippen molar-refractivity contribution in [1.29, 1.82) is 0 Å². The van der Waals surface area contributed by atoms with E-state index in [2.05, 4.69) is 26.2 Å². The minimum Gasteiger partial charge on any atom is -0.322 e. The first-order valence-electron chi connectivity index (χ1n) is 7.36. The molecule has 0 aliphatic heterocycles. The highest BCUT2D eigenvalue weighted by molar-refractivity contribution is 9.10. The minimum absolute atomic E-state index is 0.233. The van der Waals surface area contributed by atoms with E-state index in [9.17, 15) is 4.79 Å². The molecule has 0 radical (unpaired) electrons. The number of hydrogen-bond acceptors (Lipinski definition) is 2. The molecule has 120 valence electrons. The average molecular weight is 402 g/mol. The Morgan fingerprint density at radius 1 is 1.00 bits per heavy atom. The molecule has 2 aromatic carbocycles. The predicted octanol–water partition coefficient (Wildman–Crippen LogP) is 5.34. The van der Waals surface area contributed by atoms with Crippen molar-refractivity contribution in [3.05, 3.63) is 93.2 Å². The molecule has 0 fully saturated rings. The van der Waals surface area contributed by atoms with Gasteiger partial charge in [-0.1, -0.05) is 39.7 Å². The monoisotopic (exact) mass is 400 g/mol. The zero-order chi connectivity index (χ0) is 16.9. The van der Waals surface area contributed by atoms with E-state index in [1.807, 2.05) is 36.4 Å². The van der Waals surface area contributed by atoms with Crippen molar-refractivity contribution in [1.82, 2.24) is 4.98 Å². The van der Waals surface area contributed by atoms with Gasteiger partial charge in [-0.15, -0.1) is 0 Å². The lowest BCUT2D eigenvalue weighted by molar-refractivity contribution is 0.102. The Hall–Kier alpha value is -2.17. The smallest absolute Gasteiger partial charge is 0.257 e. The van der Waals surface area contributed by atoms with Gasteiger partial charge in [0.05, 0.1) is 10.6 Å². The number of benzene rings is 2. The third-order valence-electron chi connectivity index (χ3n) is 3.54. The number of halogens is 2. The van der Waals surface area contributed by atoms with Gasteiger partial charge in [0.2, 0.25) is 0 Å². The third kappa shape index (κ3) is 4.22. The summed E-state index contributed by atoms with van der Waals surface area (Å²) in [5.41, 5.74) is 3.53. The van der Waals surface area contributed by atoms with E-state index in [4.69, 9.17) is 11.6 Å². The number of anilines is 1. The van der Waals surface area contributed by atoms with Crippen LogP contribution in [0, 0.1) is 0 Å². The van der Waals surface area contributed by atoms with Gasteiger partial charge < -0.3 is 5.32 Å². The van der Waals surface area contributed by atoms with Crippen LogP contribution in [0.5, 0.6) is 0 Å². The van der Waals surface area contributed by atoms with Crippen LogP contribution >= 0.6 is 27.5 Å². The summed E-state index contributed by atoms with van der Waals surface area (Å²) in [7, 11) is 0. The van der Waals surface area contributed by atoms with Gasteiger partial charge in [0.15, 0.2) is 0 Å². The van der Waals surface area contributed by atoms with Crippen molar-refractivity contribution in [2.75, 3.05) is 5.32 Å². The first-order chi connectivity index (χ1) is 11.6. The molecular weight excluding hydrogens is 388 g/mol. The summed E-state index contributed by atoms with van der Waals surface area (Å²) in [6, 6.07) is 17.0. The molecule has 3 rings (SSSR count). The summed E-state index contributed by atoms with van der Waals surface area (Å²) in [4.78, 5) is 16.4. The standard InChI is InChI=1S/C19H14BrClN2O/c20-15-3-6-18(21)17(12-15)19(24)23-16-4-1-13(2-5-16)11-14-7-9-22-10-8-14/h1-10,12H,11H2,(H,23,24). The van der Waals surface area contributed by atoms with Crippen molar-refractivity contribution in [3.63, 3.8) is 0 Å². The van der Waals surface area contributed by atoms with Crippen LogP contribution in [-0.2, 0) is 6.42 Å². The molecule has 3 nitrogen and oxygen atoms in total. The second-order valence-electron chi connectivity index (χ2n) is 5.31. The van der Waals surface area contributed by atoms with E-state index in [0.717, 1.165) is 16.6 Å². The highest BCUT2D eigenvalue weighted by Gasteiger charge is 2.11. The number of carbonyl (C=O) groups excluding carboxylic acids is 1. The van der Waals surface area contributed by atoms with Gasteiger partial charge in [0.25, 0.3) is 5.91 Å². The highest BCUT2D eigenvalue weighted by atomic mass is 79.9. The zero-order valence-electron chi connectivity index (χ0n) is 12.7. The molecule has 0 spiro atoms. The summed E-state index contributed by atoms with van der Waals surface area (Å²) < 4.78 is 0.810. The molecule has 1 aromatic heterocycles. The molecule has 0 aliphatic rings. The SMILES string of the molecule is O=C(Nc1ccc(Cc2ccncc2)cc1)c1cc(Br)ccc1Cl. The van der Waals surface area contributed by atoms with Gasteiger partial charge >= 0.3 is 0 Å². The number of pyridine rings is 1. The fraction of sp³-hybridized carbons (Fsp3) is 0.0526. The summed E-state index contributed by atoms with van der Waals surface area (Å²) in [6.45, 7) is 0. The van der Waals surface area contributed by atoms with Gasteiger partial charge in [0, 0.05) is 22.6 Å². The summed E-state index contributed by atoms with van der Waals surface area (Å²) >= 11 is 9.43. The van der Waals surface area contributed by atoms with Crippen molar-refractivity contribution in [2.24, 2.45) is 0 Å². The Morgan fingerprint density at radius 2 is 1.67 bits per heavy atom. The molecule has 0 aliphatic carbocycles. The van der Waals surface area contributed by atoms with Gasteiger partial charge in [-0.05, 0) is 60.0 Å². The molecule has 0 bridgehead atoms. The quantitative estimate of drug-likeness (QED) is 0.641. The summed E-state index contributed by atoms with van der Waals surface area (Å²) in [5, 5.41) is 3.28. The average Bonchev–Trinajstić information content (AvgIpc) is 2.59. The van der Waals surface area contributed by atoms with Gasteiger partial charge in [-0.25, -0.2) is 0 Å². The largest absolute Gasteiger partial charge is 0.322 e. The van der Waals surface area contributed by atoms with E-state index in [1.54, 1.807) is 30.6 Å². The molecular formula is C19H14BrClN2O. The fourth-order valence-electron chi connectivity index (χ4n) is 2.31. The number of aromatic nitrogens is 1. The van der Waals surface area contributed by atoms with Crippen LogP contribution in [0.3, 0.4) is 0 Å². The first-order valence-corrected chi connectivity index (χ1v) is 8.53. The number of hydrogen-bond donors (Lipinski definition) is 1. The van der Waals surface area contributed by atoms with Crippen molar-refractivity contribution >= 4 is 39.1 Å². The molecule has 24 heavy (non-hydrogen) atoms. The Labute approximate surface area is 153 Å². The van der Waals surface area contributed by atoms with Gasteiger partial charge in [-0.3, -0.25) is 9.78 Å². The molecule has 0 atom stereocenters. The number of nitrogens with zero attached hydrogens (tertiary/aromatic N) is 1. The van der Waals surface area contributed by atoms with Crippen LogP contribution in [0.25, 0.3) is 0 Å². The van der Waals surface area contributed by atoms with Crippen LogP contribution in [0.4, 0.5) is 5.69 Å². The van der Waals surface area contributed by atoms with Crippen LogP contribution in [0.1, 0.15) is 21.5 Å². The fourth-order valence-corrected chi connectivity index (χ4v) is 2.88. The number of rotatable bonds is 4. The van der Waals surface area contributed by atoms with Crippen molar-refractivity contribution in [2.45, 2.75) is 6.42 Å². The molecule has 3 aromatic rings. The van der Waals surface area contributed by atoms with E-state index in [-0.39, 0.29) is 5.91 Å². The van der Waals surface area contributed by atoms with Crippen LogP contribution in [0.15, 0.2) is 71.5 Å². The third-order valence-corrected chi connectivity index (χ3v) is 4.37. The topological polar surface area (TPSA) is 42.0 Å². The van der Waals surface area contributed by atoms with Gasteiger partial charge in [-0.2, -0.15) is 0 Å². The summed E-state index contributed by atoms with van der Waals surface area (Å²) in [5.74, 6) is -0.233. The predicted molar refractivity (Wildman–Crippen MR) is 101 cm³/mol. The second kappa shape index (κ2) is 7.60. The molecule has 0 saturated carbocycles. The minimum atomic E-state index is -0.233. The van der Waals surface area contributed by atoms with Crippen LogP contribution in [0.2, 0.25) is 5.02 Å². The lowest BCUT2D eigenvalue weighted by Gasteiger charge is -2.08. The van der Waals surface area contributed by atoms with Crippen molar-refractivity contribution in [3.8, 4) is 0 Å². The Kier molecular flexibility index (Phi) is 5.28. The lowest BCUT2D eigenvalue weighted by Crippen LogP contribution is -2.12. The Morgan fingerprint density at radius 3 is 2.38 bits per heavy atom. The van der Waals surface area contributed by atoms with E-state index >= 15 is 0 Å². The first kappa shape index (κ1) is 16.7. The highest BCUT2D eigenvalue weighted by Crippen LogP contribution is 2.22. The molecule has 0 saturated heterocycles. The summed E-state index contributed by atoms with van der Waals surface area (Å²) in [6.07, 6.45) is 4.39. The lowest BCUT2D eigenvalue weighted by atomic mass is 10.1. The van der Waals surface area contributed by atoms with E-state index < -0.39 is 0 Å². The van der Waals surface area contributed by atoms with Crippen molar-refractivity contribution < 1.29 is 4.79 Å². The van der Waals surface area contributed by atoms with Gasteiger partial charge in [0.1, 0.15) is 0 Å². The maximum absolute atomic E-state index is 12.3. The molecule has 1 amide bonds. The Balaban J connectivity index is 1.70. The van der Waals surface area contributed by atoms with E-state index in [0.29, 0.717) is 10.6 Å². The molecule has 1 heterocycles. The maximum atomic E-state index is 12.3. The second-order valence-corrected chi connectivity index (χ2v) is 6.63. The van der Waals surface area contributed by atoms with Crippen LogP contribution in [-0.4, -0.2) is 10.9 Å². The number of amides is 1. The van der Waals surface area contributed by atoms with E-state index in [1.165, 1.54) is 11.1 Å².